The molecular formula is C12H13FN2O4. The molecule has 3 N–H and O–H groups in total. The van der Waals surface area contributed by atoms with Crippen molar-refractivity contribution in [2.45, 2.75) is 12.5 Å². The van der Waals surface area contributed by atoms with Crippen LogP contribution in [-0.2, 0) is 4.74 Å². The van der Waals surface area contributed by atoms with Gasteiger partial charge in [0.15, 0.2) is 0 Å². The number of carboxylic acids is 1. The first-order chi connectivity index (χ1) is 9.06. The normalized spacial score (nSPS) is 18.1. The molecule has 0 radical (unpaired) electrons. The van der Waals surface area contributed by atoms with E-state index in [1.54, 1.807) is 0 Å². The third-order valence-corrected chi connectivity index (χ3v) is 2.73. The van der Waals surface area contributed by atoms with Gasteiger partial charge in [-0.3, -0.25) is 0 Å². The Morgan fingerprint density at radius 3 is 2.84 bits per heavy atom. The second-order valence-corrected chi connectivity index (χ2v) is 4.16. The Morgan fingerprint density at radius 1 is 1.42 bits per heavy atom. The average Bonchev–Trinajstić information content (AvgIpc) is 2.84. The standard InChI is InChI=1S/C12H13FN2O4/c13-9-2-1-7(11(16)17)5-10(9)15-12(18)14-8-3-4-19-6-8/h1-2,5,8H,3-4,6H2,(H,16,17)(H2,14,15,18). The number of hydrogen-bond acceptors (Lipinski definition) is 3. The molecule has 0 saturated carbocycles. The predicted molar refractivity (Wildman–Crippen MR) is 64.7 cm³/mol. The smallest absolute Gasteiger partial charge is 0.335 e. The van der Waals surface area contributed by atoms with Gasteiger partial charge >= 0.3 is 12.0 Å². The van der Waals surface area contributed by atoms with Crippen LogP contribution in [0.25, 0.3) is 0 Å². The number of amides is 2. The van der Waals surface area contributed by atoms with Crippen LogP contribution < -0.4 is 10.6 Å². The van der Waals surface area contributed by atoms with Gasteiger partial charge < -0.3 is 20.5 Å². The Balaban J connectivity index is 2.02. The molecule has 0 aromatic heterocycles. The average molecular weight is 268 g/mol. The van der Waals surface area contributed by atoms with Gasteiger partial charge in [0.1, 0.15) is 5.82 Å². The number of hydrogen-bond donors (Lipinski definition) is 3. The van der Waals surface area contributed by atoms with Crippen molar-refractivity contribution < 1.29 is 23.8 Å². The van der Waals surface area contributed by atoms with Crippen molar-refractivity contribution in [2.75, 3.05) is 18.5 Å². The molecule has 2 amide bonds. The zero-order valence-electron chi connectivity index (χ0n) is 9.98. The predicted octanol–water partition coefficient (Wildman–Crippen LogP) is 1.43. The molecule has 1 unspecified atom stereocenters. The number of rotatable bonds is 3. The van der Waals surface area contributed by atoms with Gasteiger partial charge in [-0.15, -0.1) is 0 Å². The van der Waals surface area contributed by atoms with E-state index < -0.39 is 17.8 Å². The summed E-state index contributed by atoms with van der Waals surface area (Å²) < 4.78 is 18.5. The van der Waals surface area contributed by atoms with Crippen LogP contribution in [0.2, 0.25) is 0 Å². The van der Waals surface area contributed by atoms with E-state index in [0.717, 1.165) is 18.2 Å². The zero-order valence-corrected chi connectivity index (χ0v) is 9.98. The molecule has 6 nitrogen and oxygen atoms in total. The van der Waals surface area contributed by atoms with Gasteiger partial charge in [0, 0.05) is 6.61 Å². The molecule has 1 aromatic rings. The second kappa shape index (κ2) is 5.66. The summed E-state index contributed by atoms with van der Waals surface area (Å²) >= 11 is 0. The van der Waals surface area contributed by atoms with Gasteiger partial charge in [0.05, 0.1) is 23.9 Å². The van der Waals surface area contributed by atoms with Gasteiger partial charge in [-0.1, -0.05) is 0 Å². The molecule has 1 atom stereocenters. The summed E-state index contributed by atoms with van der Waals surface area (Å²) in [5, 5.41) is 13.7. The van der Waals surface area contributed by atoms with E-state index in [1.807, 2.05) is 0 Å². The Kier molecular flexibility index (Phi) is 3.96. The molecule has 1 saturated heterocycles. The number of carboxylic acid groups (broad SMARTS) is 1. The van der Waals surface area contributed by atoms with Crippen LogP contribution in [0, 0.1) is 5.82 Å². The van der Waals surface area contributed by atoms with Crippen molar-refractivity contribution in [1.82, 2.24) is 5.32 Å². The highest BCUT2D eigenvalue weighted by molar-refractivity contribution is 5.93. The molecule has 1 aliphatic heterocycles. The number of ether oxygens (including phenoxy) is 1. The van der Waals surface area contributed by atoms with Crippen molar-refractivity contribution in [1.29, 1.82) is 0 Å². The molecule has 7 heteroatoms. The van der Waals surface area contributed by atoms with E-state index in [9.17, 15) is 14.0 Å². The minimum atomic E-state index is -1.19. The number of benzene rings is 1. The Bertz CT molecular complexity index is 501. The minimum absolute atomic E-state index is 0.0964. The van der Waals surface area contributed by atoms with E-state index in [2.05, 4.69) is 10.6 Å². The van der Waals surface area contributed by atoms with Crippen molar-refractivity contribution in [3.63, 3.8) is 0 Å². The van der Waals surface area contributed by atoms with Crippen LogP contribution in [0.5, 0.6) is 0 Å². The summed E-state index contributed by atoms with van der Waals surface area (Å²) in [6, 6.07) is 2.51. The van der Waals surface area contributed by atoms with E-state index >= 15 is 0 Å². The van der Waals surface area contributed by atoms with Crippen LogP contribution in [-0.4, -0.2) is 36.4 Å². The second-order valence-electron chi connectivity index (χ2n) is 4.16. The SMILES string of the molecule is O=C(Nc1cc(C(=O)O)ccc1F)NC1CCOC1. The number of anilines is 1. The van der Waals surface area contributed by atoms with Crippen molar-refractivity contribution in [2.24, 2.45) is 0 Å². The summed E-state index contributed by atoms with van der Waals surface area (Å²) in [6.45, 7) is 0.999. The fourth-order valence-electron chi connectivity index (χ4n) is 1.75. The lowest BCUT2D eigenvalue weighted by Crippen LogP contribution is -2.38. The molecule has 1 heterocycles. The first-order valence-electron chi connectivity index (χ1n) is 5.74. The molecular weight excluding hydrogens is 255 g/mol. The third kappa shape index (κ3) is 3.41. The first-order valence-corrected chi connectivity index (χ1v) is 5.74. The topological polar surface area (TPSA) is 87.7 Å². The van der Waals surface area contributed by atoms with E-state index in [0.29, 0.717) is 19.6 Å². The van der Waals surface area contributed by atoms with Gasteiger partial charge in [0.2, 0.25) is 0 Å². The molecule has 1 aliphatic rings. The van der Waals surface area contributed by atoms with Crippen LogP contribution in [0.3, 0.4) is 0 Å². The maximum absolute atomic E-state index is 13.4. The molecule has 102 valence electrons. The van der Waals surface area contributed by atoms with Crippen LogP contribution in [0.1, 0.15) is 16.8 Å². The zero-order chi connectivity index (χ0) is 13.8. The number of halogens is 1. The number of urea groups is 1. The minimum Gasteiger partial charge on any atom is -0.478 e. The maximum Gasteiger partial charge on any atom is 0.335 e. The highest BCUT2D eigenvalue weighted by Crippen LogP contribution is 2.16. The molecule has 1 fully saturated rings. The Morgan fingerprint density at radius 2 is 2.21 bits per heavy atom. The lowest BCUT2D eigenvalue weighted by atomic mass is 10.2. The monoisotopic (exact) mass is 268 g/mol. The van der Waals surface area contributed by atoms with Crippen molar-refractivity contribution >= 4 is 17.7 Å². The quantitative estimate of drug-likeness (QED) is 0.774. The number of nitrogens with one attached hydrogen (secondary N) is 2. The van der Waals surface area contributed by atoms with E-state index in [-0.39, 0.29) is 17.3 Å². The molecule has 0 spiro atoms. The van der Waals surface area contributed by atoms with Crippen LogP contribution in [0.15, 0.2) is 18.2 Å². The summed E-state index contributed by atoms with van der Waals surface area (Å²) in [7, 11) is 0. The summed E-state index contributed by atoms with van der Waals surface area (Å²) in [4.78, 5) is 22.4. The number of carbonyl (C=O) groups is 2. The third-order valence-electron chi connectivity index (χ3n) is 2.73. The maximum atomic E-state index is 13.4. The Hall–Kier alpha value is -2.15. The largest absolute Gasteiger partial charge is 0.478 e. The van der Waals surface area contributed by atoms with Crippen molar-refractivity contribution in [3.8, 4) is 0 Å². The lowest BCUT2D eigenvalue weighted by molar-refractivity contribution is 0.0697. The summed E-state index contributed by atoms with van der Waals surface area (Å²) in [5.41, 5.74) is -0.266. The van der Waals surface area contributed by atoms with Crippen LogP contribution in [0.4, 0.5) is 14.9 Å². The lowest BCUT2D eigenvalue weighted by Gasteiger charge is -2.12. The van der Waals surface area contributed by atoms with Gasteiger partial charge in [-0.05, 0) is 24.6 Å². The molecule has 0 bridgehead atoms. The van der Waals surface area contributed by atoms with E-state index in [4.69, 9.17) is 9.84 Å². The van der Waals surface area contributed by atoms with Crippen LogP contribution >= 0.6 is 0 Å². The fourth-order valence-corrected chi connectivity index (χ4v) is 1.75. The molecule has 2 rings (SSSR count). The summed E-state index contributed by atoms with van der Waals surface area (Å²) in [5.74, 6) is -1.88. The molecule has 1 aromatic carbocycles. The van der Waals surface area contributed by atoms with Gasteiger partial charge in [0.25, 0.3) is 0 Å². The number of aromatic carboxylic acids is 1. The highest BCUT2D eigenvalue weighted by atomic mass is 19.1. The van der Waals surface area contributed by atoms with Gasteiger partial charge in [-0.2, -0.15) is 0 Å². The molecule has 0 aliphatic carbocycles. The molecule has 19 heavy (non-hydrogen) atoms. The fraction of sp³-hybridized carbons (Fsp3) is 0.333. The number of carbonyl (C=O) groups excluding carboxylic acids is 1. The van der Waals surface area contributed by atoms with Crippen molar-refractivity contribution in [3.05, 3.63) is 29.6 Å². The first kappa shape index (κ1) is 13.3. The summed E-state index contributed by atoms with van der Waals surface area (Å²) in [6.07, 6.45) is 0.699. The highest BCUT2D eigenvalue weighted by Gasteiger charge is 2.18. The van der Waals surface area contributed by atoms with E-state index in [1.165, 1.54) is 0 Å². The van der Waals surface area contributed by atoms with Gasteiger partial charge in [-0.25, -0.2) is 14.0 Å². The Labute approximate surface area is 108 Å².